The Morgan fingerprint density at radius 1 is 0.886 bits per heavy atom. The number of anilines is 1. The maximum absolute atomic E-state index is 12.7. The highest BCUT2D eigenvalue weighted by Gasteiger charge is 2.25. The molecule has 1 amide bonds. The summed E-state index contributed by atoms with van der Waals surface area (Å²) < 4.78 is 0. The number of amides is 1. The first-order valence-corrected chi connectivity index (χ1v) is 13.1. The zero-order valence-electron chi connectivity index (χ0n) is 21.5. The average molecular weight is 471 g/mol. The van der Waals surface area contributed by atoms with Gasteiger partial charge >= 0.3 is 0 Å². The normalized spacial score (nSPS) is 13.8. The van der Waals surface area contributed by atoms with E-state index in [0.29, 0.717) is 12.3 Å². The summed E-state index contributed by atoms with van der Waals surface area (Å²) in [5.74, 6) is 2.07. The van der Waals surface area contributed by atoms with Crippen LogP contribution in [-0.2, 0) is 11.2 Å². The molecule has 184 valence electrons. The van der Waals surface area contributed by atoms with Crippen LogP contribution in [0, 0.1) is 13.8 Å². The highest BCUT2D eigenvalue weighted by molar-refractivity contribution is 5.76. The summed E-state index contributed by atoms with van der Waals surface area (Å²) in [4.78, 5) is 27.2. The number of aryl methyl sites for hydroxylation is 2. The van der Waals surface area contributed by atoms with Gasteiger partial charge in [-0.25, -0.2) is 9.97 Å². The molecule has 0 atom stereocenters. The van der Waals surface area contributed by atoms with Gasteiger partial charge in [0, 0.05) is 55.8 Å². The molecule has 0 radical (unpaired) electrons. The molecule has 1 aromatic heterocycles. The molecule has 1 saturated heterocycles. The molecule has 3 aromatic rings. The van der Waals surface area contributed by atoms with Crippen LogP contribution in [0.5, 0.6) is 0 Å². The third kappa shape index (κ3) is 6.47. The fraction of sp³-hybridized carbons (Fsp3) is 0.433. The fourth-order valence-electron chi connectivity index (χ4n) is 4.79. The van der Waals surface area contributed by atoms with Crippen molar-refractivity contribution in [3.8, 4) is 11.4 Å². The highest BCUT2D eigenvalue weighted by atomic mass is 16.2. The molecule has 0 N–H and O–H groups in total. The number of benzene rings is 2. The largest absolute Gasteiger partial charge is 0.353 e. The molecule has 4 rings (SSSR count). The summed E-state index contributed by atoms with van der Waals surface area (Å²) in [6, 6.07) is 18.9. The average Bonchev–Trinajstić information content (AvgIpc) is 2.88. The van der Waals surface area contributed by atoms with Crippen LogP contribution >= 0.6 is 0 Å². The molecule has 0 unspecified atom stereocenters. The van der Waals surface area contributed by atoms with Crippen molar-refractivity contribution in [3.63, 3.8) is 0 Å². The Morgan fingerprint density at radius 3 is 2.37 bits per heavy atom. The lowest BCUT2D eigenvalue weighted by atomic mass is 10.0. The Kier molecular flexibility index (Phi) is 8.51. The molecule has 1 fully saturated rings. The molecule has 0 saturated carbocycles. The van der Waals surface area contributed by atoms with Crippen LogP contribution in [0.2, 0.25) is 0 Å². The van der Waals surface area contributed by atoms with Gasteiger partial charge in [0.05, 0.1) is 0 Å². The van der Waals surface area contributed by atoms with Crippen LogP contribution < -0.4 is 4.90 Å². The van der Waals surface area contributed by atoms with Gasteiger partial charge in [-0.15, -0.1) is 0 Å². The maximum Gasteiger partial charge on any atom is 0.222 e. The number of nitrogens with zero attached hydrogens (tertiary/aromatic N) is 4. The predicted molar refractivity (Wildman–Crippen MR) is 144 cm³/mol. The van der Waals surface area contributed by atoms with Gasteiger partial charge in [-0.1, -0.05) is 80.3 Å². The Hall–Kier alpha value is -3.21. The first-order chi connectivity index (χ1) is 17.0. The number of rotatable bonds is 9. The van der Waals surface area contributed by atoms with Crippen LogP contribution in [0.1, 0.15) is 61.4 Å². The number of aromatic nitrogens is 2. The number of hydrogen-bond acceptors (Lipinski definition) is 4. The van der Waals surface area contributed by atoms with Crippen LogP contribution in [0.15, 0.2) is 54.6 Å². The van der Waals surface area contributed by atoms with Gasteiger partial charge in [0.15, 0.2) is 5.82 Å². The van der Waals surface area contributed by atoms with Crippen LogP contribution in [0.3, 0.4) is 0 Å². The van der Waals surface area contributed by atoms with Gasteiger partial charge in [-0.05, 0) is 31.9 Å². The van der Waals surface area contributed by atoms with E-state index in [1.807, 2.05) is 11.0 Å². The molecule has 1 aliphatic heterocycles. The van der Waals surface area contributed by atoms with Crippen molar-refractivity contribution in [1.29, 1.82) is 0 Å². The standard InChI is InChI=1S/C30H38N4O/c1-4-5-6-10-16-28(35)33-17-19-34(20-18-33)30-27(22-25-13-8-7-9-14-25)24(3)31-29(32-30)26-15-11-12-23(2)21-26/h7-9,11-15,21H,4-6,10,16-20,22H2,1-3H3. The SMILES string of the molecule is CCCCCCC(=O)N1CCN(c2nc(-c3cccc(C)c3)nc(C)c2Cc2ccccc2)CC1. The smallest absolute Gasteiger partial charge is 0.222 e. The molecule has 0 aliphatic carbocycles. The minimum atomic E-state index is 0.296. The quantitative estimate of drug-likeness (QED) is 0.362. The summed E-state index contributed by atoms with van der Waals surface area (Å²) in [6.07, 6.45) is 6.02. The third-order valence-electron chi connectivity index (χ3n) is 6.87. The lowest BCUT2D eigenvalue weighted by molar-refractivity contribution is -0.131. The Bertz CT molecular complexity index is 1120. The van der Waals surface area contributed by atoms with E-state index in [1.54, 1.807) is 0 Å². The van der Waals surface area contributed by atoms with Crippen LogP contribution in [0.4, 0.5) is 5.82 Å². The van der Waals surface area contributed by atoms with E-state index in [0.717, 1.165) is 68.3 Å². The zero-order valence-corrected chi connectivity index (χ0v) is 21.5. The first kappa shape index (κ1) is 24.9. The van der Waals surface area contributed by atoms with E-state index >= 15 is 0 Å². The number of unbranched alkanes of at least 4 members (excludes halogenated alkanes) is 3. The predicted octanol–water partition coefficient (Wildman–Crippen LogP) is 5.97. The number of carbonyl (C=O) groups excluding carboxylic acids is 1. The van der Waals surface area contributed by atoms with Gasteiger partial charge < -0.3 is 9.80 Å². The first-order valence-electron chi connectivity index (χ1n) is 13.1. The molecule has 1 aliphatic rings. The van der Waals surface area contributed by atoms with Crippen molar-refractivity contribution in [2.75, 3.05) is 31.1 Å². The minimum absolute atomic E-state index is 0.296. The van der Waals surface area contributed by atoms with Crippen molar-refractivity contribution >= 4 is 11.7 Å². The van der Waals surface area contributed by atoms with E-state index in [4.69, 9.17) is 9.97 Å². The minimum Gasteiger partial charge on any atom is -0.353 e. The highest BCUT2D eigenvalue weighted by Crippen LogP contribution is 2.28. The van der Waals surface area contributed by atoms with Gasteiger partial charge in [0.25, 0.3) is 0 Å². The molecule has 0 bridgehead atoms. The van der Waals surface area contributed by atoms with Gasteiger partial charge in [-0.3, -0.25) is 4.79 Å². The molecule has 5 heteroatoms. The molecule has 35 heavy (non-hydrogen) atoms. The van der Waals surface area contributed by atoms with Crippen molar-refractivity contribution < 1.29 is 4.79 Å². The van der Waals surface area contributed by atoms with Crippen LogP contribution in [-0.4, -0.2) is 47.0 Å². The fourth-order valence-corrected chi connectivity index (χ4v) is 4.79. The number of carbonyl (C=O) groups is 1. The molecular weight excluding hydrogens is 432 g/mol. The Balaban J connectivity index is 1.56. The summed E-state index contributed by atoms with van der Waals surface area (Å²) in [6.45, 7) is 9.49. The lowest BCUT2D eigenvalue weighted by Crippen LogP contribution is -2.49. The Labute approximate surface area is 210 Å². The van der Waals surface area contributed by atoms with Gasteiger partial charge in [-0.2, -0.15) is 0 Å². The topological polar surface area (TPSA) is 49.3 Å². The van der Waals surface area contributed by atoms with E-state index < -0.39 is 0 Å². The second-order valence-corrected chi connectivity index (χ2v) is 9.65. The molecule has 2 aromatic carbocycles. The van der Waals surface area contributed by atoms with E-state index in [1.165, 1.54) is 29.5 Å². The van der Waals surface area contributed by atoms with E-state index in [2.05, 4.69) is 74.2 Å². The second kappa shape index (κ2) is 12.0. The zero-order chi connectivity index (χ0) is 24.6. The second-order valence-electron chi connectivity index (χ2n) is 9.65. The maximum atomic E-state index is 12.7. The molecule has 0 spiro atoms. The summed E-state index contributed by atoms with van der Waals surface area (Å²) >= 11 is 0. The summed E-state index contributed by atoms with van der Waals surface area (Å²) in [5.41, 5.74) is 5.69. The van der Waals surface area contributed by atoms with Crippen molar-refractivity contribution in [2.24, 2.45) is 0 Å². The third-order valence-corrected chi connectivity index (χ3v) is 6.87. The number of piperazine rings is 1. The number of hydrogen-bond donors (Lipinski definition) is 0. The molecule has 5 nitrogen and oxygen atoms in total. The van der Waals surface area contributed by atoms with Crippen molar-refractivity contribution in [2.45, 2.75) is 59.3 Å². The van der Waals surface area contributed by atoms with Crippen molar-refractivity contribution in [1.82, 2.24) is 14.9 Å². The monoisotopic (exact) mass is 470 g/mol. The molecule has 2 heterocycles. The molecular formula is C30H38N4O. The lowest BCUT2D eigenvalue weighted by Gasteiger charge is -2.36. The Morgan fingerprint density at radius 2 is 1.66 bits per heavy atom. The van der Waals surface area contributed by atoms with Gasteiger partial charge in [0.2, 0.25) is 5.91 Å². The summed E-state index contributed by atoms with van der Waals surface area (Å²) in [7, 11) is 0. The van der Waals surface area contributed by atoms with E-state index in [-0.39, 0.29) is 0 Å². The summed E-state index contributed by atoms with van der Waals surface area (Å²) in [5, 5.41) is 0. The van der Waals surface area contributed by atoms with Crippen molar-refractivity contribution in [3.05, 3.63) is 77.0 Å². The van der Waals surface area contributed by atoms with Crippen LogP contribution in [0.25, 0.3) is 11.4 Å². The van der Waals surface area contributed by atoms with Gasteiger partial charge in [0.1, 0.15) is 5.82 Å². The van der Waals surface area contributed by atoms with E-state index in [9.17, 15) is 4.79 Å².